The molecular formula is C23H22N2O3. The Morgan fingerprint density at radius 3 is 2.36 bits per heavy atom. The first-order valence-electron chi connectivity index (χ1n) is 9.10. The first-order valence-corrected chi connectivity index (χ1v) is 9.10. The van der Waals surface area contributed by atoms with Crippen LogP contribution >= 0.6 is 0 Å². The number of ether oxygens (including phenoxy) is 2. The van der Waals surface area contributed by atoms with Gasteiger partial charge < -0.3 is 19.1 Å². The summed E-state index contributed by atoms with van der Waals surface area (Å²) in [5.41, 5.74) is 3.67. The standard InChI is InChI=1S/C23H22N2O3/c1-27-20-13-12-16(14-21(20)28-2)15-25-19-11-7-6-10-18(19)24-23(25)22(26)17-8-4-3-5-9-17/h3-14,22,26H,15H2,1-2H3/t22-/m0/s1. The summed E-state index contributed by atoms with van der Waals surface area (Å²) in [7, 11) is 3.24. The molecule has 3 aromatic carbocycles. The lowest BCUT2D eigenvalue weighted by Crippen LogP contribution is -2.11. The fourth-order valence-corrected chi connectivity index (χ4v) is 3.42. The zero-order valence-corrected chi connectivity index (χ0v) is 15.9. The quantitative estimate of drug-likeness (QED) is 0.550. The Labute approximate surface area is 163 Å². The second-order valence-corrected chi connectivity index (χ2v) is 6.55. The Kier molecular flexibility index (Phi) is 5.00. The van der Waals surface area contributed by atoms with Gasteiger partial charge in [0.2, 0.25) is 0 Å². The number of methoxy groups -OCH3 is 2. The summed E-state index contributed by atoms with van der Waals surface area (Å²) < 4.78 is 12.8. The molecule has 1 heterocycles. The molecule has 0 aliphatic rings. The summed E-state index contributed by atoms with van der Waals surface area (Å²) in [6, 6.07) is 23.3. The highest BCUT2D eigenvalue weighted by molar-refractivity contribution is 5.76. The van der Waals surface area contributed by atoms with Gasteiger partial charge in [0.15, 0.2) is 11.5 Å². The van der Waals surface area contributed by atoms with Gasteiger partial charge in [0.1, 0.15) is 11.9 Å². The van der Waals surface area contributed by atoms with E-state index in [0.29, 0.717) is 23.9 Å². The van der Waals surface area contributed by atoms with E-state index in [4.69, 9.17) is 14.5 Å². The summed E-state index contributed by atoms with van der Waals surface area (Å²) in [6.07, 6.45) is -0.811. The van der Waals surface area contributed by atoms with Crippen LogP contribution in [0.4, 0.5) is 0 Å². The van der Waals surface area contributed by atoms with Crippen molar-refractivity contribution in [1.29, 1.82) is 0 Å². The lowest BCUT2D eigenvalue weighted by atomic mass is 10.1. The molecule has 5 heteroatoms. The average Bonchev–Trinajstić information content (AvgIpc) is 3.12. The van der Waals surface area contributed by atoms with Crippen LogP contribution in [0.25, 0.3) is 11.0 Å². The van der Waals surface area contributed by atoms with Crippen molar-refractivity contribution in [1.82, 2.24) is 9.55 Å². The number of hydrogen-bond donors (Lipinski definition) is 1. The highest BCUT2D eigenvalue weighted by Crippen LogP contribution is 2.30. The van der Waals surface area contributed by atoms with Gasteiger partial charge >= 0.3 is 0 Å². The molecule has 0 radical (unpaired) electrons. The number of hydrogen-bond acceptors (Lipinski definition) is 4. The van der Waals surface area contributed by atoms with Crippen molar-refractivity contribution in [2.45, 2.75) is 12.6 Å². The number of aromatic nitrogens is 2. The van der Waals surface area contributed by atoms with Crippen molar-refractivity contribution in [3.63, 3.8) is 0 Å². The van der Waals surface area contributed by atoms with Crippen molar-refractivity contribution < 1.29 is 14.6 Å². The zero-order valence-electron chi connectivity index (χ0n) is 15.9. The lowest BCUT2D eigenvalue weighted by molar-refractivity contribution is 0.206. The van der Waals surface area contributed by atoms with E-state index in [1.807, 2.05) is 77.4 Å². The summed E-state index contributed by atoms with van der Waals surface area (Å²) in [6.45, 7) is 0.556. The molecule has 0 spiro atoms. The van der Waals surface area contributed by atoms with E-state index in [9.17, 15) is 5.11 Å². The number of aliphatic hydroxyl groups is 1. The number of rotatable bonds is 6. The van der Waals surface area contributed by atoms with E-state index < -0.39 is 6.10 Å². The third-order valence-electron chi connectivity index (χ3n) is 4.83. The van der Waals surface area contributed by atoms with E-state index in [2.05, 4.69) is 0 Å². The van der Waals surface area contributed by atoms with Crippen LogP contribution in [0.3, 0.4) is 0 Å². The van der Waals surface area contributed by atoms with Crippen LogP contribution in [0.2, 0.25) is 0 Å². The molecule has 0 unspecified atom stereocenters. The first-order chi connectivity index (χ1) is 13.7. The molecule has 0 fully saturated rings. The van der Waals surface area contributed by atoms with Crippen molar-refractivity contribution in [2.24, 2.45) is 0 Å². The molecule has 0 saturated carbocycles. The minimum atomic E-state index is -0.811. The lowest BCUT2D eigenvalue weighted by Gasteiger charge is -2.15. The third kappa shape index (κ3) is 3.32. The minimum Gasteiger partial charge on any atom is -0.493 e. The van der Waals surface area contributed by atoms with Crippen LogP contribution in [0.5, 0.6) is 11.5 Å². The molecule has 0 aliphatic carbocycles. The van der Waals surface area contributed by atoms with Crippen LogP contribution in [0, 0.1) is 0 Å². The van der Waals surface area contributed by atoms with Crippen molar-refractivity contribution in [3.05, 3.63) is 89.7 Å². The van der Waals surface area contributed by atoms with Gasteiger partial charge in [0.25, 0.3) is 0 Å². The van der Waals surface area contributed by atoms with Gasteiger partial charge in [-0.3, -0.25) is 0 Å². The Morgan fingerprint density at radius 1 is 0.893 bits per heavy atom. The average molecular weight is 374 g/mol. The largest absolute Gasteiger partial charge is 0.493 e. The predicted molar refractivity (Wildman–Crippen MR) is 109 cm³/mol. The van der Waals surface area contributed by atoms with Crippen LogP contribution in [0.15, 0.2) is 72.8 Å². The summed E-state index contributed by atoms with van der Waals surface area (Å²) in [5.74, 6) is 1.98. The number of nitrogens with zero attached hydrogens (tertiary/aromatic N) is 2. The number of imidazole rings is 1. The molecular weight excluding hydrogens is 352 g/mol. The molecule has 1 aromatic heterocycles. The van der Waals surface area contributed by atoms with Crippen molar-refractivity contribution in [3.8, 4) is 11.5 Å². The van der Waals surface area contributed by atoms with Crippen LogP contribution in [-0.2, 0) is 6.54 Å². The summed E-state index contributed by atoms with van der Waals surface area (Å²) in [5, 5.41) is 11.0. The van der Waals surface area contributed by atoms with Gasteiger partial charge in [0, 0.05) is 6.54 Å². The first kappa shape index (κ1) is 18.1. The van der Waals surface area contributed by atoms with Crippen molar-refractivity contribution in [2.75, 3.05) is 14.2 Å². The predicted octanol–water partition coefficient (Wildman–Crippen LogP) is 4.18. The Balaban J connectivity index is 1.80. The van der Waals surface area contributed by atoms with Gasteiger partial charge in [-0.25, -0.2) is 4.98 Å². The molecule has 142 valence electrons. The molecule has 1 atom stereocenters. The summed E-state index contributed by atoms with van der Waals surface area (Å²) in [4.78, 5) is 4.72. The van der Waals surface area contributed by atoms with Crippen molar-refractivity contribution >= 4 is 11.0 Å². The van der Waals surface area contributed by atoms with E-state index in [1.165, 1.54) is 0 Å². The Hall–Kier alpha value is -3.31. The zero-order chi connectivity index (χ0) is 19.5. The minimum absolute atomic E-state index is 0.556. The van der Waals surface area contributed by atoms with Gasteiger partial charge in [0.05, 0.1) is 25.3 Å². The maximum Gasteiger partial charge on any atom is 0.161 e. The second kappa shape index (κ2) is 7.74. The molecule has 4 rings (SSSR count). The second-order valence-electron chi connectivity index (χ2n) is 6.55. The van der Waals surface area contributed by atoms with Gasteiger partial charge in [-0.2, -0.15) is 0 Å². The highest BCUT2D eigenvalue weighted by atomic mass is 16.5. The Morgan fingerprint density at radius 2 is 1.61 bits per heavy atom. The molecule has 4 aromatic rings. The van der Waals surface area contributed by atoms with Crippen LogP contribution in [0.1, 0.15) is 23.1 Å². The van der Waals surface area contributed by atoms with Gasteiger partial charge in [-0.1, -0.05) is 48.5 Å². The van der Waals surface area contributed by atoms with Gasteiger partial charge in [-0.15, -0.1) is 0 Å². The maximum atomic E-state index is 11.0. The number of benzene rings is 3. The smallest absolute Gasteiger partial charge is 0.161 e. The maximum absolute atomic E-state index is 11.0. The molecule has 0 saturated heterocycles. The van der Waals surface area contributed by atoms with Crippen LogP contribution in [-0.4, -0.2) is 28.9 Å². The topological polar surface area (TPSA) is 56.5 Å². The number of fused-ring (bicyclic) bond motifs is 1. The van der Waals surface area contributed by atoms with E-state index in [-0.39, 0.29) is 0 Å². The number of para-hydroxylation sites is 2. The SMILES string of the molecule is COc1ccc(Cn2c([C@@H](O)c3ccccc3)nc3ccccc32)cc1OC. The molecule has 0 bridgehead atoms. The highest BCUT2D eigenvalue weighted by Gasteiger charge is 2.20. The molecule has 0 amide bonds. The molecule has 28 heavy (non-hydrogen) atoms. The normalized spacial score (nSPS) is 12.1. The third-order valence-corrected chi connectivity index (χ3v) is 4.83. The van der Waals surface area contributed by atoms with E-state index >= 15 is 0 Å². The summed E-state index contributed by atoms with van der Waals surface area (Å²) >= 11 is 0. The fraction of sp³-hybridized carbons (Fsp3) is 0.174. The van der Waals surface area contributed by atoms with E-state index in [1.54, 1.807) is 14.2 Å². The molecule has 0 aliphatic heterocycles. The molecule has 5 nitrogen and oxygen atoms in total. The Bertz CT molecular complexity index is 1090. The van der Waals surface area contributed by atoms with E-state index in [0.717, 1.165) is 22.2 Å². The van der Waals surface area contributed by atoms with Crippen LogP contribution < -0.4 is 9.47 Å². The monoisotopic (exact) mass is 374 g/mol. The molecule has 1 N–H and O–H groups in total. The van der Waals surface area contributed by atoms with Gasteiger partial charge in [-0.05, 0) is 35.4 Å². The number of aliphatic hydroxyl groups excluding tert-OH is 1. The fourth-order valence-electron chi connectivity index (χ4n) is 3.42.